The molecule has 0 spiro atoms. The van der Waals surface area contributed by atoms with E-state index in [1.807, 2.05) is 13.0 Å². The van der Waals surface area contributed by atoms with E-state index in [9.17, 15) is 4.79 Å². The van der Waals surface area contributed by atoms with Crippen LogP contribution in [-0.4, -0.2) is 37.4 Å². The van der Waals surface area contributed by atoms with Crippen LogP contribution in [0.5, 0.6) is 5.75 Å². The molecule has 1 heterocycles. The topological polar surface area (TPSA) is 29.5 Å². The average Bonchev–Trinajstić information content (AvgIpc) is 2.42. The van der Waals surface area contributed by atoms with E-state index in [1.54, 1.807) is 6.07 Å². The summed E-state index contributed by atoms with van der Waals surface area (Å²) in [6.07, 6.45) is 4.78. The number of aldehydes is 1. The molecular weight excluding hydrogens is 306 g/mol. The molecule has 1 aliphatic rings. The predicted molar refractivity (Wildman–Crippen MR) is 80.1 cm³/mol. The van der Waals surface area contributed by atoms with Crippen LogP contribution in [-0.2, 0) is 0 Å². The van der Waals surface area contributed by atoms with E-state index >= 15 is 0 Å². The Balaban J connectivity index is 1.93. The van der Waals surface area contributed by atoms with Crippen LogP contribution in [0.4, 0.5) is 0 Å². The number of ether oxygens (including phenoxy) is 1. The number of benzene rings is 1. The lowest BCUT2D eigenvalue weighted by atomic mass is 10.1. The summed E-state index contributed by atoms with van der Waals surface area (Å²) in [5, 5.41) is 0. The fourth-order valence-electron chi connectivity index (χ4n) is 2.50. The zero-order chi connectivity index (χ0) is 13.7. The van der Waals surface area contributed by atoms with Crippen molar-refractivity contribution in [2.75, 3.05) is 26.2 Å². The van der Waals surface area contributed by atoms with E-state index in [-0.39, 0.29) is 0 Å². The summed E-state index contributed by atoms with van der Waals surface area (Å²) in [5.41, 5.74) is 1.61. The fraction of sp³-hybridized carbons (Fsp3) is 0.533. The van der Waals surface area contributed by atoms with Crippen molar-refractivity contribution in [2.24, 2.45) is 0 Å². The molecule has 1 fully saturated rings. The molecule has 0 aromatic heterocycles. The van der Waals surface area contributed by atoms with E-state index < -0.39 is 0 Å². The molecule has 1 aromatic rings. The van der Waals surface area contributed by atoms with Gasteiger partial charge in [0.2, 0.25) is 0 Å². The van der Waals surface area contributed by atoms with Gasteiger partial charge in [-0.15, -0.1) is 0 Å². The SMILES string of the molecule is Cc1cc(Br)cc(C=O)c1OCCN1CCCCC1. The highest BCUT2D eigenvalue weighted by Crippen LogP contribution is 2.26. The highest BCUT2D eigenvalue weighted by Gasteiger charge is 2.12. The Hall–Kier alpha value is -0.870. The van der Waals surface area contributed by atoms with Gasteiger partial charge in [-0.05, 0) is 50.6 Å². The third kappa shape index (κ3) is 4.05. The Kier molecular flexibility index (Phi) is 5.40. The smallest absolute Gasteiger partial charge is 0.153 e. The summed E-state index contributed by atoms with van der Waals surface area (Å²) in [6.45, 7) is 5.89. The summed E-state index contributed by atoms with van der Waals surface area (Å²) >= 11 is 3.40. The number of hydrogen-bond donors (Lipinski definition) is 0. The van der Waals surface area contributed by atoms with E-state index in [0.29, 0.717) is 12.2 Å². The lowest BCUT2D eigenvalue weighted by molar-refractivity contribution is 0.111. The number of hydrogen-bond acceptors (Lipinski definition) is 3. The zero-order valence-electron chi connectivity index (χ0n) is 11.3. The molecule has 2 rings (SSSR count). The first kappa shape index (κ1) is 14.5. The molecule has 0 bridgehead atoms. The van der Waals surface area contributed by atoms with E-state index in [2.05, 4.69) is 20.8 Å². The molecule has 104 valence electrons. The van der Waals surface area contributed by atoms with Gasteiger partial charge in [-0.25, -0.2) is 0 Å². The molecule has 3 nitrogen and oxygen atoms in total. The van der Waals surface area contributed by atoms with Crippen LogP contribution >= 0.6 is 15.9 Å². The first-order valence-electron chi connectivity index (χ1n) is 6.81. The van der Waals surface area contributed by atoms with Crippen molar-refractivity contribution >= 4 is 22.2 Å². The second-order valence-corrected chi connectivity index (χ2v) is 5.93. The fourth-order valence-corrected chi connectivity index (χ4v) is 3.09. The van der Waals surface area contributed by atoms with E-state index in [4.69, 9.17) is 4.74 Å². The summed E-state index contributed by atoms with van der Waals surface area (Å²) in [6, 6.07) is 3.78. The summed E-state index contributed by atoms with van der Waals surface area (Å²) in [4.78, 5) is 13.5. The van der Waals surface area contributed by atoms with Crippen LogP contribution in [0.15, 0.2) is 16.6 Å². The summed E-state index contributed by atoms with van der Waals surface area (Å²) < 4.78 is 6.74. The minimum atomic E-state index is 0.616. The van der Waals surface area contributed by atoms with Gasteiger partial charge in [-0.3, -0.25) is 9.69 Å². The van der Waals surface area contributed by atoms with Crippen LogP contribution in [0, 0.1) is 6.92 Å². The Morgan fingerprint density at radius 3 is 2.74 bits per heavy atom. The van der Waals surface area contributed by atoms with Gasteiger partial charge in [0.25, 0.3) is 0 Å². The molecule has 0 N–H and O–H groups in total. The second kappa shape index (κ2) is 7.06. The van der Waals surface area contributed by atoms with Crippen molar-refractivity contribution < 1.29 is 9.53 Å². The van der Waals surface area contributed by atoms with Gasteiger partial charge >= 0.3 is 0 Å². The molecule has 1 aliphatic heterocycles. The monoisotopic (exact) mass is 325 g/mol. The van der Waals surface area contributed by atoms with Crippen molar-refractivity contribution in [1.82, 2.24) is 4.90 Å². The quantitative estimate of drug-likeness (QED) is 0.777. The Labute approximate surface area is 123 Å². The normalized spacial score (nSPS) is 16.3. The van der Waals surface area contributed by atoms with Gasteiger partial charge in [-0.1, -0.05) is 22.4 Å². The number of carbonyl (C=O) groups excluding carboxylic acids is 1. The third-order valence-corrected chi connectivity index (χ3v) is 3.96. The van der Waals surface area contributed by atoms with Crippen molar-refractivity contribution in [3.05, 3.63) is 27.7 Å². The van der Waals surface area contributed by atoms with Crippen molar-refractivity contribution in [3.63, 3.8) is 0 Å². The number of aryl methyl sites for hydroxylation is 1. The first-order valence-corrected chi connectivity index (χ1v) is 7.60. The van der Waals surface area contributed by atoms with Crippen LogP contribution in [0.1, 0.15) is 35.2 Å². The molecule has 0 amide bonds. The number of halogens is 1. The first-order chi connectivity index (χ1) is 9.20. The van der Waals surface area contributed by atoms with Crippen LogP contribution in [0.25, 0.3) is 0 Å². The number of piperidine rings is 1. The molecule has 4 heteroatoms. The molecule has 19 heavy (non-hydrogen) atoms. The van der Waals surface area contributed by atoms with E-state index in [1.165, 1.54) is 32.4 Å². The standard InChI is InChI=1S/C15H20BrNO2/c1-12-9-14(16)10-13(11-18)15(12)19-8-7-17-5-3-2-4-6-17/h9-11H,2-8H2,1H3. The summed E-state index contributed by atoms with van der Waals surface area (Å²) in [5.74, 6) is 0.718. The van der Waals surface area contributed by atoms with Crippen molar-refractivity contribution in [1.29, 1.82) is 0 Å². The van der Waals surface area contributed by atoms with Crippen molar-refractivity contribution in [3.8, 4) is 5.75 Å². The predicted octanol–water partition coefficient (Wildman–Crippen LogP) is 3.43. The molecular formula is C15H20BrNO2. The largest absolute Gasteiger partial charge is 0.491 e. The molecule has 0 unspecified atom stereocenters. The molecule has 0 radical (unpaired) electrons. The Bertz CT molecular complexity index is 442. The molecule has 1 aromatic carbocycles. The maximum Gasteiger partial charge on any atom is 0.153 e. The number of rotatable bonds is 5. The lowest BCUT2D eigenvalue weighted by Gasteiger charge is -2.26. The van der Waals surface area contributed by atoms with Gasteiger partial charge in [0.15, 0.2) is 6.29 Å². The van der Waals surface area contributed by atoms with Gasteiger partial charge in [0.05, 0.1) is 5.56 Å². The Morgan fingerprint density at radius 1 is 1.32 bits per heavy atom. The van der Waals surface area contributed by atoms with Gasteiger partial charge < -0.3 is 4.74 Å². The number of likely N-dealkylation sites (tertiary alicyclic amines) is 1. The lowest BCUT2D eigenvalue weighted by Crippen LogP contribution is -2.33. The average molecular weight is 326 g/mol. The molecule has 1 saturated heterocycles. The minimum absolute atomic E-state index is 0.616. The molecule has 0 atom stereocenters. The number of nitrogens with zero attached hydrogens (tertiary/aromatic N) is 1. The van der Waals surface area contributed by atoms with Gasteiger partial charge in [-0.2, -0.15) is 0 Å². The minimum Gasteiger partial charge on any atom is -0.491 e. The number of carbonyl (C=O) groups is 1. The van der Waals surface area contributed by atoms with Gasteiger partial charge in [0, 0.05) is 11.0 Å². The van der Waals surface area contributed by atoms with Crippen LogP contribution < -0.4 is 4.74 Å². The van der Waals surface area contributed by atoms with Crippen LogP contribution in [0.3, 0.4) is 0 Å². The van der Waals surface area contributed by atoms with Gasteiger partial charge in [0.1, 0.15) is 12.4 Å². The van der Waals surface area contributed by atoms with E-state index in [0.717, 1.165) is 28.6 Å². The maximum atomic E-state index is 11.1. The highest BCUT2D eigenvalue weighted by atomic mass is 79.9. The molecule has 0 aliphatic carbocycles. The second-order valence-electron chi connectivity index (χ2n) is 5.01. The maximum absolute atomic E-state index is 11.1. The zero-order valence-corrected chi connectivity index (χ0v) is 12.9. The highest BCUT2D eigenvalue weighted by molar-refractivity contribution is 9.10. The van der Waals surface area contributed by atoms with Crippen LogP contribution in [0.2, 0.25) is 0 Å². The third-order valence-electron chi connectivity index (χ3n) is 3.50. The summed E-state index contributed by atoms with van der Waals surface area (Å²) in [7, 11) is 0. The Morgan fingerprint density at radius 2 is 2.05 bits per heavy atom. The molecule has 0 saturated carbocycles. The van der Waals surface area contributed by atoms with Crippen molar-refractivity contribution in [2.45, 2.75) is 26.2 Å².